The molecule has 192 valence electrons. The minimum Gasteiger partial charge on any atom is -0.494 e. The molecule has 2 aromatic carbocycles. The van der Waals surface area contributed by atoms with Crippen LogP contribution in [0.15, 0.2) is 34.9 Å². The molecule has 2 aliphatic rings. The molecule has 5 rings (SSSR count). The first-order valence-corrected chi connectivity index (χ1v) is 13.4. The fraction of sp³-hybridized carbons (Fsp3) is 0.552. The van der Waals surface area contributed by atoms with Crippen molar-refractivity contribution in [1.82, 2.24) is 15.4 Å². The molecule has 1 N–H and O–H groups in total. The number of hydrogen-bond acceptors (Lipinski definition) is 6. The minimum absolute atomic E-state index is 0.234. The van der Waals surface area contributed by atoms with Crippen molar-refractivity contribution in [3.63, 3.8) is 0 Å². The summed E-state index contributed by atoms with van der Waals surface area (Å²) in [5.74, 6) is 1.39. The van der Waals surface area contributed by atoms with Crippen molar-refractivity contribution in [2.24, 2.45) is 11.8 Å². The van der Waals surface area contributed by atoms with Crippen LogP contribution in [0, 0.1) is 11.8 Å². The standard InChI is InChI=1S/C29H37N3O4/c1-19(4-3-5-20-12-15-32(2)16-13-20)14-17-35-22-7-8-23-21(18-22)6-10-25-27(23)28(31-36-25)24-9-11-26(33)30-29(24)34/h6-8,10,18-20,24H,3-5,9,11-17H2,1-2H3,(H,30,33,34). The highest BCUT2D eigenvalue weighted by atomic mass is 16.5. The molecule has 2 amide bonds. The lowest BCUT2D eigenvalue weighted by Crippen LogP contribution is -2.39. The van der Waals surface area contributed by atoms with Gasteiger partial charge in [0, 0.05) is 6.42 Å². The number of ether oxygens (including phenoxy) is 1. The Hall–Kier alpha value is -2.93. The first-order valence-electron chi connectivity index (χ1n) is 13.4. The lowest BCUT2D eigenvalue weighted by molar-refractivity contribution is -0.134. The first kappa shape index (κ1) is 24.8. The molecule has 7 heteroatoms. The highest BCUT2D eigenvalue weighted by Crippen LogP contribution is 2.36. The van der Waals surface area contributed by atoms with Gasteiger partial charge in [-0.05, 0) is 92.7 Å². The number of carbonyl (C=O) groups is 2. The van der Waals surface area contributed by atoms with E-state index in [2.05, 4.69) is 29.3 Å². The summed E-state index contributed by atoms with van der Waals surface area (Å²) < 4.78 is 11.6. The molecule has 2 unspecified atom stereocenters. The SMILES string of the molecule is CC(CCCC1CCN(C)CC1)CCOc1ccc2c(ccc3onc(C4CCC(=O)NC4=O)c32)c1. The number of imide groups is 1. The Bertz CT molecular complexity index is 1230. The van der Waals surface area contributed by atoms with Crippen LogP contribution < -0.4 is 10.1 Å². The number of fused-ring (bicyclic) bond motifs is 3. The van der Waals surface area contributed by atoms with Crippen LogP contribution in [0.2, 0.25) is 0 Å². The van der Waals surface area contributed by atoms with Gasteiger partial charge in [-0.15, -0.1) is 0 Å². The van der Waals surface area contributed by atoms with E-state index in [0.29, 0.717) is 36.6 Å². The molecule has 2 aliphatic heterocycles. The third kappa shape index (κ3) is 5.56. The summed E-state index contributed by atoms with van der Waals surface area (Å²) in [7, 11) is 2.22. The summed E-state index contributed by atoms with van der Waals surface area (Å²) >= 11 is 0. The lowest BCUT2D eigenvalue weighted by atomic mass is 9.90. The van der Waals surface area contributed by atoms with E-state index in [0.717, 1.165) is 34.2 Å². The molecule has 0 radical (unpaired) electrons. The fourth-order valence-electron chi connectivity index (χ4n) is 5.68. The third-order valence-electron chi connectivity index (χ3n) is 8.05. The summed E-state index contributed by atoms with van der Waals surface area (Å²) in [6.07, 6.45) is 8.46. The van der Waals surface area contributed by atoms with Crippen LogP contribution in [-0.4, -0.2) is 48.6 Å². The van der Waals surface area contributed by atoms with Gasteiger partial charge >= 0.3 is 0 Å². The van der Waals surface area contributed by atoms with Crippen LogP contribution in [-0.2, 0) is 9.59 Å². The van der Waals surface area contributed by atoms with Gasteiger partial charge in [-0.1, -0.05) is 37.4 Å². The van der Waals surface area contributed by atoms with Gasteiger partial charge in [0.2, 0.25) is 11.8 Å². The van der Waals surface area contributed by atoms with Crippen molar-refractivity contribution in [1.29, 1.82) is 0 Å². The van der Waals surface area contributed by atoms with Gasteiger partial charge in [-0.25, -0.2) is 0 Å². The number of benzene rings is 2. The largest absolute Gasteiger partial charge is 0.494 e. The average molecular weight is 492 g/mol. The molecule has 2 atom stereocenters. The average Bonchev–Trinajstić information content (AvgIpc) is 3.29. The van der Waals surface area contributed by atoms with Gasteiger partial charge in [0.1, 0.15) is 11.4 Å². The van der Waals surface area contributed by atoms with Crippen molar-refractivity contribution in [3.8, 4) is 5.75 Å². The molecule has 3 heterocycles. The van der Waals surface area contributed by atoms with Crippen molar-refractivity contribution >= 4 is 33.6 Å². The zero-order chi connectivity index (χ0) is 25.1. The summed E-state index contributed by atoms with van der Waals surface area (Å²) in [6.45, 7) is 5.54. The maximum atomic E-state index is 12.4. The van der Waals surface area contributed by atoms with Crippen LogP contribution >= 0.6 is 0 Å². The predicted octanol–water partition coefficient (Wildman–Crippen LogP) is 5.42. The van der Waals surface area contributed by atoms with Crippen molar-refractivity contribution in [2.75, 3.05) is 26.7 Å². The van der Waals surface area contributed by atoms with Gasteiger partial charge in [0.15, 0.2) is 5.58 Å². The minimum atomic E-state index is -0.480. The van der Waals surface area contributed by atoms with E-state index in [4.69, 9.17) is 9.26 Å². The van der Waals surface area contributed by atoms with E-state index in [9.17, 15) is 9.59 Å². The summed E-state index contributed by atoms with van der Waals surface area (Å²) in [5.41, 5.74) is 1.24. The molecule has 0 aliphatic carbocycles. The third-order valence-corrected chi connectivity index (χ3v) is 8.05. The van der Waals surface area contributed by atoms with E-state index in [-0.39, 0.29) is 11.8 Å². The van der Waals surface area contributed by atoms with Crippen LogP contribution in [0.4, 0.5) is 0 Å². The van der Waals surface area contributed by atoms with Crippen LogP contribution in [0.5, 0.6) is 5.75 Å². The lowest BCUT2D eigenvalue weighted by Gasteiger charge is -2.29. The Labute approximate surface area is 212 Å². The van der Waals surface area contributed by atoms with E-state index in [1.807, 2.05) is 30.3 Å². The molecule has 7 nitrogen and oxygen atoms in total. The normalized spacial score (nSPS) is 20.7. The van der Waals surface area contributed by atoms with Crippen LogP contribution in [0.3, 0.4) is 0 Å². The highest BCUT2D eigenvalue weighted by molar-refractivity contribution is 6.10. The van der Waals surface area contributed by atoms with Gasteiger partial charge in [0.25, 0.3) is 0 Å². The number of piperidine rings is 2. The maximum Gasteiger partial charge on any atom is 0.235 e. The zero-order valence-electron chi connectivity index (χ0n) is 21.4. The number of hydrogen-bond donors (Lipinski definition) is 1. The topological polar surface area (TPSA) is 84.7 Å². The van der Waals surface area contributed by atoms with Gasteiger partial charge in [0.05, 0.1) is 17.9 Å². The molecule has 2 saturated heterocycles. The Balaban J connectivity index is 1.17. The number of amides is 2. The van der Waals surface area contributed by atoms with Crippen molar-refractivity contribution in [3.05, 3.63) is 36.0 Å². The molecule has 0 saturated carbocycles. The molecule has 2 fully saturated rings. The Kier molecular flexibility index (Phi) is 7.56. The number of carbonyl (C=O) groups excluding carboxylic acids is 2. The smallest absolute Gasteiger partial charge is 0.235 e. The molecule has 1 aromatic heterocycles. The molecule has 0 bridgehead atoms. The molecule has 3 aromatic rings. The predicted molar refractivity (Wildman–Crippen MR) is 140 cm³/mol. The number of nitrogens with one attached hydrogen (secondary N) is 1. The van der Waals surface area contributed by atoms with E-state index >= 15 is 0 Å². The number of rotatable bonds is 9. The molecule has 0 spiro atoms. The number of aromatic nitrogens is 1. The molecular formula is C29H37N3O4. The molecule has 36 heavy (non-hydrogen) atoms. The summed E-state index contributed by atoms with van der Waals surface area (Å²) in [6, 6.07) is 9.92. The number of likely N-dealkylation sites (tertiary alicyclic amines) is 1. The Morgan fingerprint density at radius 3 is 2.78 bits per heavy atom. The molecular weight excluding hydrogens is 454 g/mol. The number of nitrogens with zero attached hydrogens (tertiary/aromatic N) is 2. The highest BCUT2D eigenvalue weighted by Gasteiger charge is 2.32. The van der Waals surface area contributed by atoms with Crippen molar-refractivity contribution in [2.45, 2.75) is 64.2 Å². The van der Waals surface area contributed by atoms with Crippen molar-refractivity contribution < 1.29 is 18.8 Å². The van der Waals surface area contributed by atoms with Gasteiger partial charge in [-0.3, -0.25) is 14.9 Å². The second-order valence-corrected chi connectivity index (χ2v) is 10.8. The van der Waals surface area contributed by atoms with Crippen LogP contribution in [0.25, 0.3) is 21.7 Å². The fourth-order valence-corrected chi connectivity index (χ4v) is 5.68. The monoisotopic (exact) mass is 491 g/mol. The Morgan fingerprint density at radius 2 is 1.97 bits per heavy atom. The Morgan fingerprint density at radius 1 is 1.14 bits per heavy atom. The maximum absolute atomic E-state index is 12.4. The second kappa shape index (κ2) is 11.0. The second-order valence-electron chi connectivity index (χ2n) is 10.8. The van der Waals surface area contributed by atoms with Gasteiger partial charge in [-0.2, -0.15) is 0 Å². The quantitative estimate of drug-likeness (QED) is 0.403. The summed E-state index contributed by atoms with van der Waals surface area (Å²) in [4.78, 5) is 26.4. The zero-order valence-corrected chi connectivity index (χ0v) is 21.4. The van der Waals surface area contributed by atoms with Gasteiger partial charge < -0.3 is 14.2 Å². The van der Waals surface area contributed by atoms with E-state index < -0.39 is 5.92 Å². The first-order chi connectivity index (χ1) is 17.5. The van der Waals surface area contributed by atoms with Crippen LogP contribution in [0.1, 0.15) is 69.9 Å². The van der Waals surface area contributed by atoms with E-state index in [1.54, 1.807) is 0 Å². The summed E-state index contributed by atoms with van der Waals surface area (Å²) in [5, 5.41) is 9.47. The van der Waals surface area contributed by atoms with E-state index in [1.165, 1.54) is 45.2 Å².